The van der Waals surface area contributed by atoms with Crippen LogP contribution in [0.4, 0.5) is 0 Å². The molecule has 4 heteroatoms. The summed E-state index contributed by atoms with van der Waals surface area (Å²) in [6.45, 7) is 1.85. The van der Waals surface area contributed by atoms with Crippen LogP contribution in [0.25, 0.3) is 11.1 Å². The fourth-order valence-electron chi connectivity index (χ4n) is 1.81. The van der Waals surface area contributed by atoms with Crippen molar-refractivity contribution in [2.75, 3.05) is 0 Å². The van der Waals surface area contributed by atoms with Gasteiger partial charge in [-0.05, 0) is 36.2 Å². The van der Waals surface area contributed by atoms with Gasteiger partial charge in [-0.25, -0.2) is 4.79 Å². The van der Waals surface area contributed by atoms with Gasteiger partial charge in [0.15, 0.2) is 0 Å². The van der Waals surface area contributed by atoms with Crippen molar-refractivity contribution >= 4 is 29.2 Å². The van der Waals surface area contributed by atoms with Crippen LogP contribution in [0.1, 0.15) is 15.9 Å². The third-order valence-electron chi connectivity index (χ3n) is 2.72. The largest absolute Gasteiger partial charge is 0.478 e. The molecule has 0 amide bonds. The Labute approximate surface area is 115 Å². The number of hydrogen-bond acceptors (Lipinski definition) is 1. The van der Waals surface area contributed by atoms with Gasteiger partial charge in [0.25, 0.3) is 0 Å². The summed E-state index contributed by atoms with van der Waals surface area (Å²) < 4.78 is 0. The highest BCUT2D eigenvalue weighted by molar-refractivity contribution is 6.43. The molecule has 0 saturated heterocycles. The van der Waals surface area contributed by atoms with Gasteiger partial charge >= 0.3 is 5.97 Å². The summed E-state index contributed by atoms with van der Waals surface area (Å²) >= 11 is 12.1. The third-order valence-corrected chi connectivity index (χ3v) is 3.53. The van der Waals surface area contributed by atoms with Gasteiger partial charge in [0.2, 0.25) is 0 Å². The van der Waals surface area contributed by atoms with Gasteiger partial charge in [0, 0.05) is 5.56 Å². The Balaban J connectivity index is 2.58. The molecule has 0 saturated carbocycles. The first-order chi connectivity index (χ1) is 8.50. The zero-order chi connectivity index (χ0) is 13.3. The van der Waals surface area contributed by atoms with E-state index in [-0.39, 0.29) is 5.56 Å². The van der Waals surface area contributed by atoms with E-state index < -0.39 is 5.97 Å². The number of rotatable bonds is 2. The van der Waals surface area contributed by atoms with Crippen molar-refractivity contribution in [3.05, 3.63) is 57.6 Å². The number of aryl methyl sites for hydroxylation is 1. The Kier molecular flexibility index (Phi) is 3.60. The molecule has 0 heterocycles. The minimum Gasteiger partial charge on any atom is -0.478 e. The second kappa shape index (κ2) is 5.01. The molecule has 2 nitrogen and oxygen atoms in total. The van der Waals surface area contributed by atoms with E-state index in [1.807, 2.05) is 19.1 Å². The maximum absolute atomic E-state index is 10.9. The molecule has 0 aliphatic heterocycles. The average molecular weight is 281 g/mol. The molecule has 18 heavy (non-hydrogen) atoms. The second-order valence-electron chi connectivity index (χ2n) is 3.94. The third kappa shape index (κ3) is 2.35. The van der Waals surface area contributed by atoms with Gasteiger partial charge < -0.3 is 5.11 Å². The van der Waals surface area contributed by atoms with E-state index in [1.54, 1.807) is 24.3 Å². The van der Waals surface area contributed by atoms with Crippen LogP contribution in [0.15, 0.2) is 36.4 Å². The number of halogens is 2. The summed E-state index contributed by atoms with van der Waals surface area (Å²) in [4.78, 5) is 10.9. The number of carboxylic acids is 1. The van der Waals surface area contributed by atoms with Gasteiger partial charge in [-0.2, -0.15) is 0 Å². The molecule has 2 rings (SSSR count). The van der Waals surface area contributed by atoms with Crippen molar-refractivity contribution in [2.45, 2.75) is 6.92 Å². The van der Waals surface area contributed by atoms with Gasteiger partial charge in [-0.15, -0.1) is 0 Å². The SMILES string of the molecule is Cc1cc(C(=O)O)ccc1-c1cccc(Cl)c1Cl. The van der Waals surface area contributed by atoms with Crippen molar-refractivity contribution in [1.29, 1.82) is 0 Å². The second-order valence-corrected chi connectivity index (χ2v) is 4.72. The predicted octanol–water partition coefficient (Wildman–Crippen LogP) is 4.67. The zero-order valence-corrected chi connectivity index (χ0v) is 11.1. The molecule has 0 fully saturated rings. The lowest BCUT2D eigenvalue weighted by Gasteiger charge is -2.10. The molecule has 2 aromatic rings. The van der Waals surface area contributed by atoms with E-state index in [2.05, 4.69) is 0 Å². The van der Waals surface area contributed by atoms with E-state index >= 15 is 0 Å². The Morgan fingerprint density at radius 2 is 1.83 bits per heavy atom. The van der Waals surface area contributed by atoms with Gasteiger partial charge in [-0.3, -0.25) is 0 Å². The fraction of sp³-hybridized carbons (Fsp3) is 0.0714. The van der Waals surface area contributed by atoms with Crippen LogP contribution in [0.2, 0.25) is 10.0 Å². The standard InChI is InChI=1S/C14H10Cl2O2/c1-8-7-9(14(17)18)5-6-10(8)11-3-2-4-12(15)13(11)16/h2-7H,1H3,(H,17,18). The first-order valence-electron chi connectivity index (χ1n) is 5.29. The number of aromatic carboxylic acids is 1. The molecule has 0 spiro atoms. The van der Waals surface area contributed by atoms with Crippen molar-refractivity contribution in [3.8, 4) is 11.1 Å². The molecule has 1 N–H and O–H groups in total. The van der Waals surface area contributed by atoms with Crippen LogP contribution in [0.5, 0.6) is 0 Å². The Bertz CT molecular complexity index is 621. The lowest BCUT2D eigenvalue weighted by atomic mass is 9.98. The van der Waals surface area contributed by atoms with Crippen molar-refractivity contribution in [2.24, 2.45) is 0 Å². The van der Waals surface area contributed by atoms with Crippen LogP contribution in [-0.4, -0.2) is 11.1 Å². The van der Waals surface area contributed by atoms with Crippen LogP contribution in [-0.2, 0) is 0 Å². The summed E-state index contributed by atoms with van der Waals surface area (Å²) in [6, 6.07) is 10.3. The summed E-state index contributed by atoms with van der Waals surface area (Å²) in [6.07, 6.45) is 0. The Hall–Kier alpha value is -1.51. The molecule has 0 radical (unpaired) electrons. The fourth-order valence-corrected chi connectivity index (χ4v) is 2.21. The lowest BCUT2D eigenvalue weighted by Crippen LogP contribution is -1.97. The lowest BCUT2D eigenvalue weighted by molar-refractivity contribution is 0.0697. The molecular weight excluding hydrogens is 271 g/mol. The monoisotopic (exact) mass is 280 g/mol. The summed E-state index contributed by atoms with van der Waals surface area (Å²) in [5, 5.41) is 9.88. The summed E-state index contributed by atoms with van der Waals surface area (Å²) in [5.74, 6) is -0.943. The van der Waals surface area contributed by atoms with Gasteiger partial charge in [0.05, 0.1) is 15.6 Å². The zero-order valence-electron chi connectivity index (χ0n) is 9.58. The van der Waals surface area contributed by atoms with E-state index in [1.165, 1.54) is 0 Å². The maximum atomic E-state index is 10.9. The van der Waals surface area contributed by atoms with E-state index in [9.17, 15) is 4.79 Å². The molecular formula is C14H10Cl2O2. The molecule has 0 aromatic heterocycles. The number of carboxylic acid groups (broad SMARTS) is 1. The summed E-state index contributed by atoms with van der Waals surface area (Å²) in [7, 11) is 0. The molecule has 2 aromatic carbocycles. The minimum atomic E-state index is -0.943. The smallest absolute Gasteiger partial charge is 0.335 e. The maximum Gasteiger partial charge on any atom is 0.335 e. The first-order valence-corrected chi connectivity index (χ1v) is 6.04. The highest BCUT2D eigenvalue weighted by Crippen LogP contribution is 2.35. The van der Waals surface area contributed by atoms with E-state index in [4.69, 9.17) is 28.3 Å². The van der Waals surface area contributed by atoms with Gasteiger partial charge in [0.1, 0.15) is 0 Å². The Morgan fingerprint density at radius 1 is 1.11 bits per heavy atom. The van der Waals surface area contributed by atoms with E-state index in [0.717, 1.165) is 16.7 Å². The highest BCUT2D eigenvalue weighted by Gasteiger charge is 2.11. The molecule has 0 atom stereocenters. The topological polar surface area (TPSA) is 37.3 Å². The van der Waals surface area contributed by atoms with Crippen molar-refractivity contribution in [3.63, 3.8) is 0 Å². The predicted molar refractivity (Wildman–Crippen MR) is 73.6 cm³/mol. The number of benzene rings is 2. The minimum absolute atomic E-state index is 0.259. The number of hydrogen-bond donors (Lipinski definition) is 1. The highest BCUT2D eigenvalue weighted by atomic mass is 35.5. The van der Waals surface area contributed by atoms with Gasteiger partial charge in [-0.1, -0.05) is 41.4 Å². The van der Waals surface area contributed by atoms with Crippen LogP contribution >= 0.6 is 23.2 Å². The quantitative estimate of drug-likeness (QED) is 0.868. The van der Waals surface area contributed by atoms with Crippen molar-refractivity contribution in [1.82, 2.24) is 0 Å². The molecule has 0 bridgehead atoms. The number of carbonyl (C=O) groups is 1. The molecule has 0 aliphatic carbocycles. The molecule has 92 valence electrons. The average Bonchev–Trinajstić information content (AvgIpc) is 2.33. The molecule has 0 aliphatic rings. The normalized spacial score (nSPS) is 10.4. The summed E-state index contributed by atoms with van der Waals surface area (Å²) in [5.41, 5.74) is 2.79. The van der Waals surface area contributed by atoms with Crippen LogP contribution < -0.4 is 0 Å². The Morgan fingerprint density at radius 3 is 2.44 bits per heavy atom. The van der Waals surface area contributed by atoms with E-state index in [0.29, 0.717) is 10.0 Å². The van der Waals surface area contributed by atoms with Crippen LogP contribution in [0.3, 0.4) is 0 Å². The molecule has 0 unspecified atom stereocenters. The van der Waals surface area contributed by atoms with Crippen LogP contribution in [0, 0.1) is 6.92 Å². The van der Waals surface area contributed by atoms with Crippen molar-refractivity contribution < 1.29 is 9.90 Å². The first kappa shape index (κ1) is 12.9.